The molecule has 4 aromatic rings. The number of nitrogens with zero attached hydrogens (tertiary/aromatic N) is 6. The molecule has 1 aliphatic rings. The van der Waals surface area contributed by atoms with Crippen LogP contribution < -0.4 is 14.8 Å². The Hall–Kier alpha value is -5.06. The quantitative estimate of drug-likeness (QED) is 0.0239. The molecule has 0 bridgehead atoms. The van der Waals surface area contributed by atoms with Crippen molar-refractivity contribution in [2.24, 2.45) is 0 Å². The molecule has 1 atom stereocenters. The molecule has 1 amide bonds. The third-order valence-corrected chi connectivity index (χ3v) is 13.2. The number of nitrogens with one attached hydrogen (secondary N) is 1. The molecule has 5 rings (SSSR count). The summed E-state index contributed by atoms with van der Waals surface area (Å²) in [6.45, 7) is -0.570. The second-order valence-electron chi connectivity index (χ2n) is 18.1. The number of anilines is 2. The van der Waals surface area contributed by atoms with Gasteiger partial charge in [-0.1, -0.05) is 48.2 Å². The second kappa shape index (κ2) is 28.1. The third-order valence-electron chi connectivity index (χ3n) is 12.0. The number of fused-ring (bicyclic) bond motifs is 2. The molecule has 18 nitrogen and oxygen atoms in total. The fourth-order valence-corrected chi connectivity index (χ4v) is 9.69. The van der Waals surface area contributed by atoms with Crippen LogP contribution in [0.1, 0.15) is 43.2 Å². The van der Waals surface area contributed by atoms with E-state index < -0.39 is 68.6 Å². The van der Waals surface area contributed by atoms with E-state index in [2.05, 4.69) is 103 Å². The van der Waals surface area contributed by atoms with Crippen LogP contribution in [0.25, 0.3) is 17.0 Å². The van der Waals surface area contributed by atoms with Gasteiger partial charge in [0, 0.05) is 61.9 Å². The van der Waals surface area contributed by atoms with Gasteiger partial charge in [0.05, 0.1) is 82.4 Å². The molecule has 1 aliphatic heterocycles. The molecule has 0 saturated heterocycles. The van der Waals surface area contributed by atoms with E-state index in [1.165, 1.54) is 41.9 Å². The van der Waals surface area contributed by atoms with Crippen molar-refractivity contribution in [1.82, 2.24) is 14.7 Å². The molecule has 6 N–H and O–H groups in total. The summed E-state index contributed by atoms with van der Waals surface area (Å²) < 4.78 is 3.21. The largest absolute Gasteiger partial charge is 3.00 e. The van der Waals surface area contributed by atoms with Crippen molar-refractivity contribution in [3.8, 4) is 0 Å². The molecule has 1 radical (unpaired) electrons. The van der Waals surface area contributed by atoms with Crippen LogP contribution in [0.3, 0.4) is 0 Å². The molecule has 70 heavy (non-hydrogen) atoms. The maximum atomic E-state index is 12.9. The predicted octanol–water partition coefficient (Wildman–Crippen LogP) is 4.57. The number of carboxylic acids is 5. The van der Waals surface area contributed by atoms with Gasteiger partial charge in [0.25, 0.3) is 0 Å². The van der Waals surface area contributed by atoms with Gasteiger partial charge in [-0.25, -0.2) is 0 Å². The van der Waals surface area contributed by atoms with Crippen molar-refractivity contribution in [1.29, 1.82) is 0 Å². The van der Waals surface area contributed by atoms with Crippen molar-refractivity contribution in [2.75, 3.05) is 96.8 Å². The van der Waals surface area contributed by atoms with Gasteiger partial charge in [-0.3, -0.25) is 43.5 Å². The van der Waals surface area contributed by atoms with Crippen molar-refractivity contribution >= 4 is 75.9 Å². The Bertz CT molecular complexity index is 2440. The zero-order valence-corrected chi connectivity index (χ0v) is 43.0. The van der Waals surface area contributed by atoms with Crippen LogP contribution in [0.15, 0.2) is 95.0 Å². The summed E-state index contributed by atoms with van der Waals surface area (Å²) in [5.74, 6) is -6.52. The summed E-state index contributed by atoms with van der Waals surface area (Å²) in [7, 11) is 6.60. The van der Waals surface area contributed by atoms with Crippen LogP contribution in [0.5, 0.6) is 0 Å². The number of benzene rings is 3. The minimum absolute atomic E-state index is 0. The number of aliphatic carboxylic acids is 5. The van der Waals surface area contributed by atoms with E-state index in [0.717, 1.165) is 54.7 Å². The first-order valence-electron chi connectivity index (χ1n) is 23.0. The van der Waals surface area contributed by atoms with Crippen LogP contribution in [-0.2, 0) is 41.7 Å². The number of quaternary nitrogens is 1. The van der Waals surface area contributed by atoms with Gasteiger partial charge in [0.2, 0.25) is 11.4 Å². The number of carbonyl (C=O) groups is 6. The minimum atomic E-state index is -1.30. The molecule has 375 valence electrons. The molecule has 3 aromatic carbocycles. The van der Waals surface area contributed by atoms with Crippen LogP contribution in [0.2, 0.25) is 0 Å². The fraction of sp³-hybridized carbons (Fsp3) is 0.420. The van der Waals surface area contributed by atoms with E-state index in [1.54, 1.807) is 36.0 Å². The van der Waals surface area contributed by atoms with E-state index in [1.807, 2.05) is 0 Å². The van der Waals surface area contributed by atoms with E-state index in [-0.39, 0.29) is 71.9 Å². The van der Waals surface area contributed by atoms with Crippen molar-refractivity contribution < 1.29 is 103 Å². The Morgan fingerprint density at radius 3 is 1.94 bits per heavy atom. The second-order valence-corrected chi connectivity index (χ2v) is 19.1. The van der Waals surface area contributed by atoms with Gasteiger partial charge in [0.15, 0.2) is 12.7 Å². The predicted molar refractivity (Wildman–Crippen MR) is 263 cm³/mol. The third kappa shape index (κ3) is 18.9. The van der Waals surface area contributed by atoms with Crippen LogP contribution >= 0.6 is 11.8 Å². The zero-order valence-electron chi connectivity index (χ0n) is 39.9. The smallest absolute Gasteiger partial charge is 0.480 e. The number of hydrogen-bond acceptors (Lipinski definition) is 11. The molecular formula is C50H65GdN7O11S+5. The number of thioether (sulfide) groups is 1. The van der Waals surface area contributed by atoms with E-state index >= 15 is 0 Å². The first kappa shape index (κ1) is 57.5. The maximum absolute atomic E-state index is 12.9. The average molecular weight is 1130 g/mol. The summed E-state index contributed by atoms with van der Waals surface area (Å²) in [5.41, 5.74) is 4.82. The van der Waals surface area contributed by atoms with Crippen molar-refractivity contribution in [3.05, 3.63) is 101 Å². The molecule has 0 saturated carbocycles. The van der Waals surface area contributed by atoms with Gasteiger partial charge >= 0.3 is 69.8 Å². The van der Waals surface area contributed by atoms with Crippen molar-refractivity contribution in [3.63, 3.8) is 0 Å². The van der Waals surface area contributed by atoms with Gasteiger partial charge < -0.3 is 40.2 Å². The number of rotatable bonds is 30. The number of carboxylic acid groups (broad SMARTS) is 5. The summed E-state index contributed by atoms with van der Waals surface area (Å²) in [6.07, 6.45) is 8.50. The Kier molecular flexibility index (Phi) is 23.1. The normalized spacial score (nSPS) is 13.4. The average Bonchev–Trinajstić information content (AvgIpc) is 3.59. The van der Waals surface area contributed by atoms with Crippen LogP contribution in [0, 0.1) is 39.9 Å². The van der Waals surface area contributed by atoms with Crippen LogP contribution in [-0.4, -0.2) is 173 Å². The number of pyridine rings is 1. The monoisotopic (exact) mass is 1130 g/mol. The summed E-state index contributed by atoms with van der Waals surface area (Å²) in [4.78, 5) is 78.3. The molecule has 1 unspecified atom stereocenters. The number of aryl methyl sites for hydroxylation is 1. The van der Waals surface area contributed by atoms with E-state index in [0.29, 0.717) is 17.7 Å². The number of hydrogen-bond donors (Lipinski definition) is 6. The maximum Gasteiger partial charge on any atom is 3.00 e. The molecule has 1 aromatic heterocycles. The Balaban J connectivity index is 0.0000107. The number of unbranched alkanes of at least 4 members (excludes halogenated alkanes) is 2. The number of carbonyl (C=O) groups excluding carboxylic acids is 1. The number of amides is 1. The zero-order chi connectivity index (χ0) is 50.1. The van der Waals surface area contributed by atoms with Gasteiger partial charge in [-0.05, 0) is 73.2 Å². The van der Waals surface area contributed by atoms with E-state index in [9.17, 15) is 54.3 Å². The first-order valence-corrected chi connectivity index (χ1v) is 23.8. The molecule has 2 heterocycles. The SMILES string of the molecule is CN1/C(=C/c2cc[n+](CCC[N+](C)(C)CCCCCC(=O)Nc3ccc(CC(CN(CCN(CC(=O)O)CC(=O)O)CC(=O)O)N(CC(=O)O)CC(=O)O)cc3)c3ccccc23)Sc2ccccc21.[Gd+3]. The number of aromatic nitrogens is 1. The molecule has 0 aliphatic carbocycles. The number of para-hydroxylation sites is 2. The van der Waals surface area contributed by atoms with Gasteiger partial charge in [0.1, 0.15) is 0 Å². The molecular weight excluding hydrogens is 1060 g/mol. The summed E-state index contributed by atoms with van der Waals surface area (Å²) in [5, 5.41) is 52.7. The Morgan fingerprint density at radius 1 is 0.714 bits per heavy atom. The molecule has 0 fully saturated rings. The minimum Gasteiger partial charge on any atom is -0.480 e. The topological polar surface area (TPSA) is 232 Å². The molecule has 20 heteroatoms. The summed E-state index contributed by atoms with van der Waals surface area (Å²) >= 11 is 1.79. The van der Waals surface area contributed by atoms with Crippen molar-refractivity contribution in [2.45, 2.75) is 56.0 Å². The van der Waals surface area contributed by atoms with E-state index in [4.69, 9.17) is 0 Å². The van der Waals surface area contributed by atoms with Crippen LogP contribution in [0.4, 0.5) is 11.4 Å². The van der Waals surface area contributed by atoms with Gasteiger partial charge in [-0.2, -0.15) is 4.57 Å². The first-order chi connectivity index (χ1) is 32.8. The fourth-order valence-electron chi connectivity index (χ4n) is 8.59. The Morgan fingerprint density at radius 2 is 1.30 bits per heavy atom. The Labute approximate surface area is 444 Å². The molecule has 0 spiro atoms. The standard InChI is InChI=1S/C50H63N7O11S.Gd/c1-52-42-14-8-9-15-43(42)69-45(52)29-37-21-23-55(41-13-7-6-12-40(37)41)22-11-27-57(2,3)26-10-4-5-16-44(58)51-38-19-17-36(18-20-38)28-39(56(34-49(65)66)35-50(67)68)30-53(31-46(59)60)24-25-54(32-47(61)62)33-48(63)64;/h6-9,12-15,17-21,23,29,39H,4-5,10-11,16,22,24-28,30-35H2,1-3H3,(H4-2,51,58,59,60,61,62,63,64,65,66,67,68);/q;+3/p+2. The van der Waals surface area contributed by atoms with Gasteiger partial charge in [-0.15, -0.1) is 0 Å². The summed E-state index contributed by atoms with van der Waals surface area (Å²) in [6, 6.07) is 25.2.